The van der Waals surface area contributed by atoms with Crippen molar-refractivity contribution in [1.29, 1.82) is 0 Å². The summed E-state index contributed by atoms with van der Waals surface area (Å²) in [4.78, 5) is 39.3. The maximum Gasteiger partial charge on any atom is 0.328 e. The molecule has 2 unspecified atom stereocenters. The zero-order valence-electron chi connectivity index (χ0n) is 17.1. The van der Waals surface area contributed by atoms with Crippen LogP contribution in [-0.2, 0) is 16.0 Å². The molecule has 0 saturated carbocycles. The largest absolute Gasteiger partial charge is 0.478 e. The van der Waals surface area contributed by atoms with Crippen molar-refractivity contribution in [2.24, 2.45) is 5.92 Å². The molecule has 4 N–H and O–H groups in total. The van der Waals surface area contributed by atoms with Gasteiger partial charge in [0.1, 0.15) is 6.10 Å². The number of aliphatic hydroxyl groups excluding tert-OH is 1. The first-order valence-corrected chi connectivity index (χ1v) is 9.67. The van der Waals surface area contributed by atoms with Gasteiger partial charge in [-0.2, -0.15) is 0 Å². The number of aromatic amines is 1. The minimum absolute atomic E-state index is 0.0366. The van der Waals surface area contributed by atoms with E-state index in [1.807, 2.05) is 31.2 Å². The second-order valence-electron chi connectivity index (χ2n) is 7.28. The third-order valence-corrected chi connectivity index (χ3v) is 5.38. The molecule has 0 radical (unpaired) electrons. The van der Waals surface area contributed by atoms with Crippen molar-refractivity contribution in [1.82, 2.24) is 14.5 Å². The van der Waals surface area contributed by atoms with E-state index >= 15 is 0 Å². The lowest BCUT2D eigenvalue weighted by atomic mass is 9.89. The molecule has 0 aliphatic carbocycles. The number of aliphatic hydroxyl groups is 1. The number of aromatic nitrogens is 3. The first-order valence-electron chi connectivity index (χ1n) is 9.67. The number of carboxylic acid groups (broad SMARTS) is 2. The maximum absolute atomic E-state index is 13.1. The van der Waals surface area contributed by atoms with Gasteiger partial charge in [0.15, 0.2) is 0 Å². The Bertz CT molecular complexity index is 1160. The molecule has 3 heterocycles. The van der Waals surface area contributed by atoms with Gasteiger partial charge < -0.3 is 20.3 Å². The summed E-state index contributed by atoms with van der Waals surface area (Å²) in [7, 11) is 0. The number of nitrogens with zero attached hydrogens (tertiary/aromatic N) is 2. The number of benzene rings is 1. The van der Waals surface area contributed by atoms with Gasteiger partial charge in [0.25, 0.3) is 0 Å². The second-order valence-corrected chi connectivity index (χ2v) is 7.28. The van der Waals surface area contributed by atoms with Crippen LogP contribution in [0.4, 0.5) is 0 Å². The highest BCUT2D eigenvalue weighted by Crippen LogP contribution is 2.36. The van der Waals surface area contributed by atoms with Crippen molar-refractivity contribution in [2.45, 2.75) is 32.8 Å². The number of carbonyl (C=O) groups excluding carboxylic acids is 1. The van der Waals surface area contributed by atoms with Crippen molar-refractivity contribution in [3.63, 3.8) is 0 Å². The predicted molar refractivity (Wildman–Crippen MR) is 112 cm³/mol. The number of carboxylic acids is 2. The molecule has 162 valence electrons. The molecule has 0 amide bonds. The SMILES string of the molecule is Cc1[nH]cnc1C(O)C1CCc2c(C)c3ccccc3n2C1=O.O=C(O)C=CC(=O)O. The van der Waals surface area contributed by atoms with Crippen LogP contribution in [0.3, 0.4) is 0 Å². The fourth-order valence-electron chi connectivity index (χ4n) is 3.88. The molecule has 1 aromatic carbocycles. The lowest BCUT2D eigenvalue weighted by Crippen LogP contribution is -2.33. The lowest BCUT2D eigenvalue weighted by molar-refractivity contribution is -0.134. The van der Waals surface area contributed by atoms with Gasteiger partial charge in [-0.25, -0.2) is 14.6 Å². The monoisotopic (exact) mass is 425 g/mol. The molecule has 2 atom stereocenters. The van der Waals surface area contributed by atoms with Crippen LogP contribution >= 0.6 is 0 Å². The molecule has 0 saturated heterocycles. The van der Waals surface area contributed by atoms with Crippen LogP contribution < -0.4 is 0 Å². The Balaban J connectivity index is 0.000000293. The standard InChI is InChI=1S/C18H19N3O2.C4H4O4/c1-10-12-5-3-4-6-15(12)21-14(10)8-7-13(18(21)23)17(22)16-11(2)19-9-20-16;5-3(6)1-2-4(7)8/h3-6,9,13,17,22H,7-8H2,1-2H3,(H,19,20);1-2H,(H,5,6)(H,7,8). The predicted octanol–water partition coefficient (Wildman–Crippen LogP) is 2.63. The summed E-state index contributed by atoms with van der Waals surface area (Å²) in [6.07, 6.45) is 3.23. The quantitative estimate of drug-likeness (QED) is 0.470. The van der Waals surface area contributed by atoms with Gasteiger partial charge in [0.05, 0.1) is 23.5 Å². The van der Waals surface area contributed by atoms with Crippen molar-refractivity contribution < 1.29 is 29.7 Å². The Kier molecular flexibility index (Phi) is 6.36. The highest BCUT2D eigenvalue weighted by atomic mass is 16.4. The van der Waals surface area contributed by atoms with E-state index in [1.165, 1.54) is 0 Å². The van der Waals surface area contributed by atoms with Crippen LogP contribution in [0.1, 0.15) is 40.0 Å². The number of carbonyl (C=O) groups is 3. The number of aliphatic carboxylic acids is 2. The van der Waals surface area contributed by atoms with Crippen molar-refractivity contribution >= 4 is 28.7 Å². The maximum atomic E-state index is 13.1. The number of imidazole rings is 1. The zero-order chi connectivity index (χ0) is 22.7. The molecule has 3 aromatic rings. The first kappa shape index (κ1) is 22.0. The Hall–Kier alpha value is -3.72. The third kappa shape index (κ3) is 4.41. The minimum atomic E-state index is -1.26. The number of para-hydroxylation sites is 1. The normalized spacial score (nSPS) is 16.6. The summed E-state index contributed by atoms with van der Waals surface area (Å²) in [6.45, 7) is 3.93. The van der Waals surface area contributed by atoms with Crippen LogP contribution in [0.25, 0.3) is 10.9 Å². The van der Waals surface area contributed by atoms with E-state index in [0.717, 1.165) is 34.3 Å². The van der Waals surface area contributed by atoms with E-state index in [9.17, 15) is 19.5 Å². The Morgan fingerprint density at radius 3 is 2.42 bits per heavy atom. The molecule has 4 rings (SSSR count). The minimum Gasteiger partial charge on any atom is -0.478 e. The summed E-state index contributed by atoms with van der Waals surface area (Å²) in [5, 5.41) is 27.4. The fraction of sp³-hybridized carbons (Fsp3) is 0.273. The van der Waals surface area contributed by atoms with Crippen LogP contribution in [0.2, 0.25) is 0 Å². The van der Waals surface area contributed by atoms with E-state index in [4.69, 9.17) is 10.2 Å². The molecule has 0 bridgehead atoms. The Morgan fingerprint density at radius 1 is 1.19 bits per heavy atom. The Morgan fingerprint density at radius 2 is 1.84 bits per heavy atom. The van der Waals surface area contributed by atoms with Crippen molar-refractivity contribution in [3.8, 4) is 0 Å². The number of aryl methyl sites for hydroxylation is 2. The van der Waals surface area contributed by atoms with Crippen LogP contribution in [0, 0.1) is 19.8 Å². The van der Waals surface area contributed by atoms with E-state index in [1.54, 1.807) is 10.9 Å². The number of nitrogens with one attached hydrogen (secondary N) is 1. The topological polar surface area (TPSA) is 146 Å². The molecule has 31 heavy (non-hydrogen) atoms. The number of H-pyrrole nitrogens is 1. The van der Waals surface area contributed by atoms with E-state index < -0.39 is 24.0 Å². The van der Waals surface area contributed by atoms with Gasteiger partial charge in [-0.05, 0) is 38.3 Å². The zero-order valence-corrected chi connectivity index (χ0v) is 17.1. The molecule has 9 heteroatoms. The smallest absolute Gasteiger partial charge is 0.328 e. The summed E-state index contributed by atoms with van der Waals surface area (Å²) >= 11 is 0. The number of hydrogen-bond donors (Lipinski definition) is 4. The lowest BCUT2D eigenvalue weighted by Gasteiger charge is -2.27. The average molecular weight is 425 g/mol. The fourth-order valence-corrected chi connectivity index (χ4v) is 3.88. The molecule has 1 aliphatic heterocycles. The van der Waals surface area contributed by atoms with Crippen LogP contribution in [-0.4, -0.2) is 47.7 Å². The number of hydrogen-bond acceptors (Lipinski definition) is 5. The highest BCUT2D eigenvalue weighted by molar-refractivity contribution is 5.97. The van der Waals surface area contributed by atoms with Gasteiger partial charge in [-0.3, -0.25) is 9.36 Å². The summed E-state index contributed by atoms with van der Waals surface area (Å²) < 4.78 is 1.80. The molecule has 0 spiro atoms. The summed E-state index contributed by atoms with van der Waals surface area (Å²) in [5.41, 5.74) is 4.54. The number of fused-ring (bicyclic) bond motifs is 3. The van der Waals surface area contributed by atoms with Gasteiger partial charge in [-0.1, -0.05) is 18.2 Å². The first-order chi connectivity index (χ1) is 14.7. The van der Waals surface area contributed by atoms with Crippen LogP contribution in [0.5, 0.6) is 0 Å². The van der Waals surface area contributed by atoms with E-state index in [0.29, 0.717) is 24.3 Å². The molecule has 9 nitrogen and oxygen atoms in total. The van der Waals surface area contributed by atoms with E-state index in [2.05, 4.69) is 16.9 Å². The summed E-state index contributed by atoms with van der Waals surface area (Å²) in [6, 6.07) is 7.95. The molecule has 1 aliphatic rings. The highest BCUT2D eigenvalue weighted by Gasteiger charge is 2.36. The van der Waals surface area contributed by atoms with Gasteiger partial charge in [0.2, 0.25) is 5.91 Å². The molecular formula is C22H23N3O6. The molecule has 0 fully saturated rings. The van der Waals surface area contributed by atoms with Crippen molar-refractivity contribution in [3.05, 3.63) is 65.4 Å². The Labute approximate surface area is 177 Å². The molecule has 2 aromatic heterocycles. The van der Waals surface area contributed by atoms with Crippen LogP contribution in [0.15, 0.2) is 42.7 Å². The van der Waals surface area contributed by atoms with Gasteiger partial charge >= 0.3 is 11.9 Å². The second kappa shape index (κ2) is 8.97. The van der Waals surface area contributed by atoms with Crippen molar-refractivity contribution in [2.75, 3.05) is 0 Å². The van der Waals surface area contributed by atoms with E-state index in [-0.39, 0.29) is 5.91 Å². The average Bonchev–Trinajstić information content (AvgIpc) is 3.29. The van der Waals surface area contributed by atoms with Gasteiger partial charge in [0, 0.05) is 28.9 Å². The summed E-state index contributed by atoms with van der Waals surface area (Å²) in [5.74, 6) is -3.01. The number of rotatable bonds is 4. The third-order valence-electron chi connectivity index (χ3n) is 5.38. The molecular weight excluding hydrogens is 402 g/mol. The van der Waals surface area contributed by atoms with Gasteiger partial charge in [-0.15, -0.1) is 0 Å².